The van der Waals surface area contributed by atoms with Crippen LogP contribution in [0.4, 0.5) is 5.69 Å². The third-order valence-electron chi connectivity index (χ3n) is 4.38. The predicted molar refractivity (Wildman–Crippen MR) is 90.8 cm³/mol. The normalized spacial score (nSPS) is 16.0. The zero-order valence-electron chi connectivity index (χ0n) is 13.9. The molecule has 0 bridgehead atoms. The lowest BCUT2D eigenvalue weighted by atomic mass is 9.87. The maximum Gasteiger partial charge on any atom is 0.371 e. The monoisotopic (exact) mass is 311 g/mol. The molecule has 0 aliphatic carbocycles. The first kappa shape index (κ1) is 15.4. The Balaban J connectivity index is 2.05. The first-order chi connectivity index (χ1) is 10.8. The number of carboxylic acids is 1. The summed E-state index contributed by atoms with van der Waals surface area (Å²) >= 11 is 0. The van der Waals surface area contributed by atoms with E-state index < -0.39 is 5.97 Å². The van der Waals surface area contributed by atoms with Crippen LogP contribution >= 0.6 is 0 Å². The van der Waals surface area contributed by atoms with Gasteiger partial charge in [-0.3, -0.25) is 0 Å². The van der Waals surface area contributed by atoms with Crippen molar-refractivity contribution in [1.29, 1.82) is 0 Å². The van der Waals surface area contributed by atoms with Crippen LogP contribution in [0.5, 0.6) is 0 Å². The van der Waals surface area contributed by atoms with E-state index in [1.165, 1.54) is 28.5 Å². The maximum absolute atomic E-state index is 11.0. The molecule has 23 heavy (non-hydrogen) atoms. The molecule has 2 aromatic rings. The van der Waals surface area contributed by atoms with Gasteiger partial charge >= 0.3 is 5.97 Å². The number of fused-ring (bicyclic) bond motifs is 1. The van der Waals surface area contributed by atoms with E-state index in [1.54, 1.807) is 6.07 Å². The van der Waals surface area contributed by atoms with E-state index in [1.807, 2.05) is 0 Å². The van der Waals surface area contributed by atoms with Crippen molar-refractivity contribution in [2.24, 2.45) is 0 Å². The number of benzene rings is 1. The van der Waals surface area contributed by atoms with Crippen LogP contribution in [0, 0.1) is 6.92 Å². The summed E-state index contributed by atoms with van der Waals surface area (Å²) in [5.41, 5.74) is 4.68. The van der Waals surface area contributed by atoms with Crippen molar-refractivity contribution < 1.29 is 14.3 Å². The molecule has 0 unspecified atom stereocenters. The number of rotatable bonds is 3. The van der Waals surface area contributed by atoms with Crippen LogP contribution in [0.2, 0.25) is 0 Å². The van der Waals surface area contributed by atoms with Crippen molar-refractivity contribution in [3.8, 4) is 0 Å². The topological polar surface area (TPSA) is 53.7 Å². The summed E-state index contributed by atoms with van der Waals surface area (Å²) in [6, 6.07) is 9.54. The minimum absolute atomic E-state index is 0.0217. The van der Waals surface area contributed by atoms with Crippen molar-refractivity contribution in [2.45, 2.75) is 39.8 Å². The molecule has 4 heteroatoms. The Bertz CT molecular complexity index is 799. The van der Waals surface area contributed by atoms with E-state index in [4.69, 9.17) is 9.52 Å². The van der Waals surface area contributed by atoms with Gasteiger partial charge in [-0.25, -0.2) is 4.79 Å². The number of aromatic carboxylic acids is 1. The molecule has 0 atom stereocenters. The van der Waals surface area contributed by atoms with Crippen LogP contribution in [-0.2, 0) is 6.54 Å². The molecule has 0 amide bonds. The lowest BCUT2D eigenvalue weighted by molar-refractivity contribution is 0.0660. The van der Waals surface area contributed by atoms with E-state index in [0.717, 1.165) is 0 Å². The van der Waals surface area contributed by atoms with Gasteiger partial charge in [-0.2, -0.15) is 0 Å². The molecule has 0 spiro atoms. The summed E-state index contributed by atoms with van der Waals surface area (Å²) in [5, 5.41) is 9.03. The van der Waals surface area contributed by atoms with Crippen molar-refractivity contribution in [3.05, 3.63) is 59.1 Å². The van der Waals surface area contributed by atoms with E-state index in [9.17, 15) is 4.79 Å². The first-order valence-electron chi connectivity index (χ1n) is 7.69. The van der Waals surface area contributed by atoms with Crippen LogP contribution in [0.1, 0.15) is 48.2 Å². The molecule has 1 N–H and O–H groups in total. The van der Waals surface area contributed by atoms with Gasteiger partial charge in [0, 0.05) is 11.3 Å². The van der Waals surface area contributed by atoms with Crippen LogP contribution in [0.3, 0.4) is 0 Å². The second-order valence-electron chi connectivity index (χ2n) is 6.61. The molecule has 1 aromatic carbocycles. The Morgan fingerprint density at radius 2 is 1.96 bits per heavy atom. The average molecular weight is 311 g/mol. The number of nitrogens with zero attached hydrogens (tertiary/aromatic N) is 1. The number of hydrogen-bond donors (Lipinski definition) is 1. The average Bonchev–Trinajstić information content (AvgIpc) is 2.92. The number of anilines is 1. The summed E-state index contributed by atoms with van der Waals surface area (Å²) in [5.74, 6) is -0.411. The van der Waals surface area contributed by atoms with Crippen LogP contribution < -0.4 is 4.90 Å². The summed E-state index contributed by atoms with van der Waals surface area (Å²) in [6.07, 6.45) is 2.25. The van der Waals surface area contributed by atoms with E-state index in [-0.39, 0.29) is 11.3 Å². The molecule has 120 valence electrons. The smallest absolute Gasteiger partial charge is 0.371 e. The zero-order valence-corrected chi connectivity index (χ0v) is 13.9. The Hall–Kier alpha value is -2.49. The number of para-hydroxylation sites is 1. The van der Waals surface area contributed by atoms with Gasteiger partial charge in [0.25, 0.3) is 0 Å². The summed E-state index contributed by atoms with van der Waals surface area (Å²) in [7, 11) is 0. The highest BCUT2D eigenvalue weighted by Gasteiger charge is 2.32. The fraction of sp³-hybridized carbons (Fsp3) is 0.316. The molecular formula is C19H21NO3. The number of aryl methyl sites for hydroxylation is 1. The summed E-state index contributed by atoms with van der Waals surface area (Å²) in [6.45, 7) is 9.08. The molecule has 0 radical (unpaired) electrons. The number of hydrogen-bond acceptors (Lipinski definition) is 3. The van der Waals surface area contributed by atoms with Gasteiger partial charge in [-0.15, -0.1) is 0 Å². The molecule has 1 aliphatic heterocycles. The maximum atomic E-state index is 11.0. The Morgan fingerprint density at radius 1 is 1.22 bits per heavy atom. The number of allylic oxidation sites excluding steroid dienone is 1. The number of furan rings is 1. The van der Waals surface area contributed by atoms with Crippen molar-refractivity contribution in [3.63, 3.8) is 0 Å². The van der Waals surface area contributed by atoms with Gasteiger partial charge in [-0.1, -0.05) is 24.3 Å². The highest BCUT2D eigenvalue weighted by atomic mass is 16.4. The Labute approximate surface area is 136 Å². The largest absolute Gasteiger partial charge is 0.475 e. The standard InChI is InChI=1S/C19H21NO3/c1-12-6-5-7-15-13(2)10-19(3,4)20(17(12)15)11-14-8-9-16(23-14)18(21)22/h5-10H,11H2,1-4H3,(H,21,22). The molecule has 2 heterocycles. The molecule has 4 nitrogen and oxygen atoms in total. The minimum Gasteiger partial charge on any atom is -0.475 e. The second kappa shape index (κ2) is 5.30. The zero-order chi connectivity index (χ0) is 16.8. The summed E-state index contributed by atoms with van der Waals surface area (Å²) < 4.78 is 5.46. The third kappa shape index (κ3) is 2.65. The highest BCUT2D eigenvalue weighted by Crippen LogP contribution is 2.41. The first-order valence-corrected chi connectivity index (χ1v) is 7.69. The minimum atomic E-state index is -1.04. The fourth-order valence-electron chi connectivity index (χ4n) is 3.33. The molecule has 1 aliphatic rings. The van der Waals surface area contributed by atoms with Crippen molar-refractivity contribution in [1.82, 2.24) is 0 Å². The van der Waals surface area contributed by atoms with Gasteiger partial charge in [0.05, 0.1) is 12.1 Å². The fourth-order valence-corrected chi connectivity index (χ4v) is 3.33. The molecular weight excluding hydrogens is 290 g/mol. The van der Waals surface area contributed by atoms with Crippen LogP contribution in [0.25, 0.3) is 5.57 Å². The number of carbonyl (C=O) groups is 1. The molecule has 0 saturated carbocycles. The van der Waals surface area contributed by atoms with E-state index >= 15 is 0 Å². The Kier molecular flexibility index (Phi) is 3.55. The van der Waals surface area contributed by atoms with E-state index in [0.29, 0.717) is 12.3 Å². The quantitative estimate of drug-likeness (QED) is 0.907. The van der Waals surface area contributed by atoms with Gasteiger partial charge in [-0.05, 0) is 51.0 Å². The Morgan fingerprint density at radius 3 is 2.61 bits per heavy atom. The molecule has 0 saturated heterocycles. The predicted octanol–water partition coefficient (Wildman–Crippen LogP) is 4.49. The third-order valence-corrected chi connectivity index (χ3v) is 4.38. The lowest BCUT2D eigenvalue weighted by Gasteiger charge is -2.43. The van der Waals surface area contributed by atoms with Crippen molar-refractivity contribution in [2.75, 3.05) is 4.90 Å². The van der Waals surface area contributed by atoms with Crippen molar-refractivity contribution >= 4 is 17.2 Å². The van der Waals surface area contributed by atoms with Gasteiger partial charge in [0.15, 0.2) is 0 Å². The van der Waals surface area contributed by atoms with Gasteiger partial charge in [0.2, 0.25) is 5.76 Å². The van der Waals surface area contributed by atoms with Gasteiger partial charge in [0.1, 0.15) is 5.76 Å². The summed E-state index contributed by atoms with van der Waals surface area (Å²) in [4.78, 5) is 13.3. The van der Waals surface area contributed by atoms with Crippen LogP contribution in [0.15, 0.2) is 40.8 Å². The molecule has 0 fully saturated rings. The second-order valence-corrected chi connectivity index (χ2v) is 6.61. The molecule has 3 rings (SSSR count). The SMILES string of the molecule is CC1=CC(C)(C)N(Cc2ccc(C(=O)O)o2)c2c(C)cccc21. The van der Waals surface area contributed by atoms with Crippen LogP contribution in [-0.4, -0.2) is 16.6 Å². The van der Waals surface area contributed by atoms with E-state index in [2.05, 4.69) is 56.9 Å². The lowest BCUT2D eigenvalue weighted by Crippen LogP contribution is -2.44. The highest BCUT2D eigenvalue weighted by molar-refractivity contribution is 5.84. The molecule has 1 aromatic heterocycles. The van der Waals surface area contributed by atoms with Gasteiger partial charge < -0.3 is 14.4 Å². The number of carboxylic acid groups (broad SMARTS) is 1.